The summed E-state index contributed by atoms with van der Waals surface area (Å²) in [5.74, 6) is 0.928. The van der Waals surface area contributed by atoms with Gasteiger partial charge in [-0.2, -0.15) is 0 Å². The van der Waals surface area contributed by atoms with E-state index in [0.717, 1.165) is 29.8 Å². The van der Waals surface area contributed by atoms with E-state index in [1.807, 2.05) is 32.0 Å². The van der Waals surface area contributed by atoms with Gasteiger partial charge in [0.25, 0.3) is 0 Å². The van der Waals surface area contributed by atoms with Crippen molar-refractivity contribution in [1.29, 1.82) is 0 Å². The summed E-state index contributed by atoms with van der Waals surface area (Å²) in [6, 6.07) is 5.92. The van der Waals surface area contributed by atoms with Gasteiger partial charge in [0, 0.05) is 24.6 Å². The minimum absolute atomic E-state index is 0.0634. The molecule has 1 aliphatic heterocycles. The molecule has 0 saturated heterocycles. The van der Waals surface area contributed by atoms with E-state index in [4.69, 9.17) is 4.74 Å². The number of rotatable bonds is 7. The normalized spacial score (nSPS) is 14.7. The number of benzene rings is 1. The van der Waals surface area contributed by atoms with Crippen LogP contribution in [0, 0.1) is 0 Å². The summed E-state index contributed by atoms with van der Waals surface area (Å²) >= 11 is 0. The van der Waals surface area contributed by atoms with Crippen LogP contribution in [0.25, 0.3) is 0 Å². The number of aryl methyl sites for hydroxylation is 1. The standard InChI is InChI=1S/C17H24N2O3/c1-3-12(2)18-16(20)5-4-10-22-14-7-8-15-13(11-14)6-9-17(21)19-15/h7-8,11-12H,3-6,9-10H2,1-2H3,(H,18,20)(H,19,21). The molecule has 2 amide bonds. The van der Waals surface area contributed by atoms with Crippen LogP contribution in [-0.2, 0) is 16.0 Å². The van der Waals surface area contributed by atoms with E-state index in [-0.39, 0.29) is 17.9 Å². The Bertz CT molecular complexity index is 543. The largest absolute Gasteiger partial charge is 0.494 e. The zero-order valence-electron chi connectivity index (χ0n) is 13.3. The molecule has 0 aliphatic carbocycles. The van der Waals surface area contributed by atoms with E-state index in [1.165, 1.54) is 0 Å². The number of hydrogen-bond donors (Lipinski definition) is 2. The number of carbonyl (C=O) groups is 2. The molecule has 22 heavy (non-hydrogen) atoms. The maximum Gasteiger partial charge on any atom is 0.224 e. The molecular formula is C17H24N2O3. The summed E-state index contributed by atoms with van der Waals surface area (Å²) in [6.07, 6.45) is 3.37. The Morgan fingerprint density at radius 3 is 3.00 bits per heavy atom. The van der Waals surface area contributed by atoms with Crippen molar-refractivity contribution >= 4 is 17.5 Å². The van der Waals surface area contributed by atoms with Gasteiger partial charge in [-0.05, 0) is 49.9 Å². The van der Waals surface area contributed by atoms with Crippen molar-refractivity contribution in [2.24, 2.45) is 0 Å². The van der Waals surface area contributed by atoms with Gasteiger partial charge in [0.15, 0.2) is 0 Å². The molecule has 2 N–H and O–H groups in total. The van der Waals surface area contributed by atoms with Gasteiger partial charge < -0.3 is 15.4 Å². The second-order valence-corrected chi connectivity index (χ2v) is 5.70. The Hall–Kier alpha value is -2.04. The molecule has 5 heteroatoms. The number of hydrogen-bond acceptors (Lipinski definition) is 3. The van der Waals surface area contributed by atoms with Crippen molar-refractivity contribution in [3.63, 3.8) is 0 Å². The third-order valence-electron chi connectivity index (χ3n) is 3.81. The number of ether oxygens (including phenoxy) is 1. The third kappa shape index (κ3) is 4.76. The van der Waals surface area contributed by atoms with Crippen LogP contribution in [0.1, 0.15) is 45.1 Å². The number of carbonyl (C=O) groups excluding carboxylic acids is 2. The molecule has 120 valence electrons. The van der Waals surface area contributed by atoms with Crippen LogP contribution in [-0.4, -0.2) is 24.5 Å². The summed E-state index contributed by atoms with van der Waals surface area (Å²) in [4.78, 5) is 22.9. The topological polar surface area (TPSA) is 67.4 Å². The number of amides is 2. The van der Waals surface area contributed by atoms with Crippen molar-refractivity contribution in [3.05, 3.63) is 23.8 Å². The van der Waals surface area contributed by atoms with Crippen LogP contribution in [0.2, 0.25) is 0 Å². The SMILES string of the molecule is CCC(C)NC(=O)CCCOc1ccc2c(c1)CCC(=O)N2. The van der Waals surface area contributed by atoms with Crippen LogP contribution >= 0.6 is 0 Å². The molecule has 0 saturated carbocycles. The highest BCUT2D eigenvalue weighted by Crippen LogP contribution is 2.26. The lowest BCUT2D eigenvalue weighted by molar-refractivity contribution is -0.122. The van der Waals surface area contributed by atoms with Crippen LogP contribution < -0.4 is 15.4 Å². The molecule has 5 nitrogen and oxygen atoms in total. The smallest absolute Gasteiger partial charge is 0.224 e. The van der Waals surface area contributed by atoms with E-state index in [0.29, 0.717) is 25.9 Å². The first kappa shape index (κ1) is 16.3. The quantitative estimate of drug-likeness (QED) is 0.761. The van der Waals surface area contributed by atoms with Crippen LogP contribution in [0.4, 0.5) is 5.69 Å². The lowest BCUT2D eigenvalue weighted by Gasteiger charge is -2.17. The van der Waals surface area contributed by atoms with E-state index in [2.05, 4.69) is 10.6 Å². The Labute approximate surface area is 131 Å². The van der Waals surface area contributed by atoms with Gasteiger partial charge >= 0.3 is 0 Å². The van der Waals surface area contributed by atoms with Gasteiger partial charge in [-0.15, -0.1) is 0 Å². The van der Waals surface area contributed by atoms with Crippen molar-refractivity contribution in [2.75, 3.05) is 11.9 Å². The Morgan fingerprint density at radius 2 is 2.23 bits per heavy atom. The van der Waals surface area contributed by atoms with Gasteiger partial charge in [-0.3, -0.25) is 9.59 Å². The van der Waals surface area contributed by atoms with E-state index in [9.17, 15) is 9.59 Å². The minimum Gasteiger partial charge on any atom is -0.494 e. The first-order valence-electron chi connectivity index (χ1n) is 7.93. The lowest BCUT2D eigenvalue weighted by atomic mass is 10.0. The zero-order valence-corrected chi connectivity index (χ0v) is 13.3. The zero-order chi connectivity index (χ0) is 15.9. The maximum atomic E-state index is 11.6. The lowest BCUT2D eigenvalue weighted by Crippen LogP contribution is -2.31. The molecular weight excluding hydrogens is 280 g/mol. The molecule has 1 unspecified atom stereocenters. The summed E-state index contributed by atoms with van der Waals surface area (Å²) in [6.45, 7) is 4.56. The highest BCUT2D eigenvalue weighted by Gasteiger charge is 2.15. The Balaban J connectivity index is 1.74. The predicted octanol–water partition coefficient (Wildman–Crippen LogP) is 2.65. The molecule has 0 radical (unpaired) electrons. The third-order valence-corrected chi connectivity index (χ3v) is 3.81. The van der Waals surface area contributed by atoms with Crippen LogP contribution in [0.5, 0.6) is 5.75 Å². The van der Waals surface area contributed by atoms with E-state index < -0.39 is 0 Å². The van der Waals surface area contributed by atoms with Gasteiger partial charge in [-0.1, -0.05) is 6.92 Å². The number of anilines is 1. The van der Waals surface area contributed by atoms with Gasteiger partial charge in [0.2, 0.25) is 11.8 Å². The summed E-state index contributed by atoms with van der Waals surface area (Å²) in [5.41, 5.74) is 1.98. The van der Waals surface area contributed by atoms with Gasteiger partial charge in [0.1, 0.15) is 5.75 Å². The fourth-order valence-corrected chi connectivity index (χ4v) is 2.32. The average molecular weight is 304 g/mol. The molecule has 1 aromatic rings. The number of fused-ring (bicyclic) bond motifs is 1. The molecule has 2 rings (SSSR count). The van der Waals surface area contributed by atoms with Crippen molar-refractivity contribution in [1.82, 2.24) is 5.32 Å². The van der Waals surface area contributed by atoms with Crippen molar-refractivity contribution in [3.8, 4) is 5.75 Å². The molecule has 0 bridgehead atoms. The molecule has 0 fully saturated rings. The fourth-order valence-electron chi connectivity index (χ4n) is 2.32. The minimum atomic E-state index is 0.0634. The van der Waals surface area contributed by atoms with E-state index in [1.54, 1.807) is 0 Å². The fraction of sp³-hybridized carbons (Fsp3) is 0.529. The van der Waals surface area contributed by atoms with E-state index >= 15 is 0 Å². The van der Waals surface area contributed by atoms with Gasteiger partial charge in [0.05, 0.1) is 6.61 Å². The molecule has 1 heterocycles. The second kappa shape index (κ2) is 7.82. The van der Waals surface area contributed by atoms with Crippen molar-refractivity contribution in [2.45, 2.75) is 52.0 Å². The molecule has 1 atom stereocenters. The summed E-state index contributed by atoms with van der Waals surface area (Å²) < 4.78 is 5.69. The highest BCUT2D eigenvalue weighted by atomic mass is 16.5. The molecule has 0 aromatic heterocycles. The summed E-state index contributed by atoms with van der Waals surface area (Å²) in [5, 5.41) is 5.78. The molecule has 1 aromatic carbocycles. The predicted molar refractivity (Wildman–Crippen MR) is 86.0 cm³/mol. The number of nitrogens with one attached hydrogen (secondary N) is 2. The molecule has 1 aliphatic rings. The summed E-state index contributed by atoms with van der Waals surface area (Å²) in [7, 11) is 0. The Kier molecular flexibility index (Phi) is 5.81. The van der Waals surface area contributed by atoms with Crippen LogP contribution in [0.3, 0.4) is 0 Å². The first-order chi connectivity index (χ1) is 10.6. The first-order valence-corrected chi connectivity index (χ1v) is 7.93. The van der Waals surface area contributed by atoms with Crippen molar-refractivity contribution < 1.29 is 14.3 Å². The Morgan fingerprint density at radius 1 is 1.41 bits per heavy atom. The average Bonchev–Trinajstić information content (AvgIpc) is 2.51. The highest BCUT2D eigenvalue weighted by molar-refractivity contribution is 5.94. The monoisotopic (exact) mass is 304 g/mol. The van der Waals surface area contributed by atoms with Gasteiger partial charge in [-0.25, -0.2) is 0 Å². The van der Waals surface area contributed by atoms with Crippen LogP contribution in [0.15, 0.2) is 18.2 Å². The molecule has 0 spiro atoms. The maximum absolute atomic E-state index is 11.6. The second-order valence-electron chi connectivity index (χ2n) is 5.70.